The standard InChI is InChI=1S/C17H24ClN3O4S/c1-11-8-13(24-5)9-12(2)15(11)26(22,23)21-17(3,4)10-20-16-19-7-6-14(18)25-16/h6-9,14,21H,10H2,1-5H3,(H,19,20). The maximum Gasteiger partial charge on any atom is 0.290 e. The summed E-state index contributed by atoms with van der Waals surface area (Å²) in [4.78, 5) is 4.50. The zero-order valence-electron chi connectivity index (χ0n) is 15.5. The highest BCUT2D eigenvalue weighted by Crippen LogP contribution is 2.26. The molecule has 1 aliphatic heterocycles. The summed E-state index contributed by atoms with van der Waals surface area (Å²) >= 11 is 5.86. The lowest BCUT2D eigenvalue weighted by Gasteiger charge is -2.26. The number of alkyl halides is 1. The third-order valence-electron chi connectivity index (χ3n) is 3.65. The minimum Gasteiger partial charge on any atom is -0.497 e. The number of methoxy groups -OCH3 is 1. The normalized spacial score (nSPS) is 19.2. The van der Waals surface area contributed by atoms with Gasteiger partial charge in [0.1, 0.15) is 5.75 Å². The van der Waals surface area contributed by atoms with Crippen molar-refractivity contribution in [3.8, 4) is 5.75 Å². The predicted octanol–water partition coefficient (Wildman–Crippen LogP) is 2.42. The van der Waals surface area contributed by atoms with Crippen LogP contribution in [0.4, 0.5) is 0 Å². The lowest BCUT2D eigenvalue weighted by atomic mass is 10.1. The van der Waals surface area contributed by atoms with Crippen LogP contribution in [0.3, 0.4) is 0 Å². The molecule has 0 spiro atoms. The Labute approximate surface area is 159 Å². The van der Waals surface area contributed by atoms with Crippen molar-refractivity contribution in [2.24, 2.45) is 4.99 Å². The van der Waals surface area contributed by atoms with Crippen LogP contribution in [-0.4, -0.2) is 39.2 Å². The van der Waals surface area contributed by atoms with Crippen LogP contribution in [0.15, 0.2) is 34.3 Å². The van der Waals surface area contributed by atoms with E-state index in [1.165, 1.54) is 0 Å². The average molecular weight is 402 g/mol. The van der Waals surface area contributed by atoms with Crippen LogP contribution in [0.1, 0.15) is 25.0 Å². The Morgan fingerprint density at radius 2 is 1.96 bits per heavy atom. The number of aliphatic imine (C=N–C) groups is 1. The summed E-state index contributed by atoms with van der Waals surface area (Å²) in [5.74, 6) is 0.619. The van der Waals surface area contributed by atoms with Crippen molar-refractivity contribution in [2.75, 3.05) is 13.7 Å². The second kappa shape index (κ2) is 7.85. The second-order valence-electron chi connectivity index (χ2n) is 6.67. The van der Waals surface area contributed by atoms with E-state index in [0.29, 0.717) is 16.9 Å². The maximum absolute atomic E-state index is 12.9. The zero-order valence-corrected chi connectivity index (χ0v) is 17.0. The van der Waals surface area contributed by atoms with Gasteiger partial charge in [0.2, 0.25) is 10.0 Å². The summed E-state index contributed by atoms with van der Waals surface area (Å²) in [6.07, 6.45) is 3.25. The number of hydrogen-bond acceptors (Lipinski definition) is 5. The number of nitrogens with one attached hydrogen (secondary N) is 2. The molecule has 7 nitrogen and oxygen atoms in total. The Balaban J connectivity index is 2.20. The summed E-state index contributed by atoms with van der Waals surface area (Å²) in [6, 6.07) is 3.64. The molecule has 0 fully saturated rings. The van der Waals surface area contributed by atoms with Crippen LogP contribution in [0.25, 0.3) is 0 Å². The van der Waals surface area contributed by atoms with Gasteiger partial charge in [0.15, 0.2) is 5.56 Å². The molecule has 0 saturated carbocycles. The van der Waals surface area contributed by atoms with E-state index in [9.17, 15) is 8.42 Å². The van der Waals surface area contributed by atoms with Crippen molar-refractivity contribution in [1.82, 2.24) is 10.0 Å². The van der Waals surface area contributed by atoms with E-state index in [2.05, 4.69) is 15.0 Å². The third-order valence-corrected chi connectivity index (χ3v) is 5.88. The molecule has 2 N–H and O–H groups in total. The average Bonchev–Trinajstić information content (AvgIpc) is 2.51. The Hall–Kier alpha value is -1.77. The number of aryl methyl sites for hydroxylation is 2. The monoisotopic (exact) mass is 401 g/mol. The molecular weight excluding hydrogens is 378 g/mol. The molecule has 1 atom stereocenters. The molecule has 1 aromatic carbocycles. The Morgan fingerprint density at radius 3 is 2.50 bits per heavy atom. The van der Waals surface area contributed by atoms with E-state index in [1.807, 2.05) is 0 Å². The smallest absolute Gasteiger partial charge is 0.290 e. The van der Waals surface area contributed by atoms with Crippen molar-refractivity contribution in [1.29, 1.82) is 0 Å². The lowest BCUT2D eigenvalue weighted by Crippen LogP contribution is -2.46. The van der Waals surface area contributed by atoms with Gasteiger partial charge in [-0.2, -0.15) is 0 Å². The van der Waals surface area contributed by atoms with Gasteiger partial charge in [0.05, 0.1) is 18.6 Å². The van der Waals surface area contributed by atoms with Gasteiger partial charge in [0, 0.05) is 11.7 Å². The van der Waals surface area contributed by atoms with Crippen molar-refractivity contribution in [3.63, 3.8) is 0 Å². The van der Waals surface area contributed by atoms with E-state index >= 15 is 0 Å². The van der Waals surface area contributed by atoms with Gasteiger partial charge in [-0.3, -0.25) is 0 Å². The molecule has 2 rings (SSSR count). The molecule has 0 radical (unpaired) electrons. The maximum atomic E-state index is 12.9. The molecule has 144 valence electrons. The molecule has 0 saturated heterocycles. The molecular formula is C17H24ClN3O4S. The first-order valence-electron chi connectivity index (χ1n) is 8.02. The van der Waals surface area contributed by atoms with Crippen molar-refractivity contribution < 1.29 is 17.9 Å². The number of sulfonamides is 1. The minimum atomic E-state index is -3.74. The van der Waals surface area contributed by atoms with Gasteiger partial charge >= 0.3 is 0 Å². The quantitative estimate of drug-likeness (QED) is 0.714. The summed E-state index contributed by atoms with van der Waals surface area (Å²) in [5.41, 5.74) is -0.203. The highest BCUT2D eigenvalue weighted by Gasteiger charge is 2.29. The van der Waals surface area contributed by atoms with Gasteiger partial charge in [-0.05, 0) is 57.0 Å². The Bertz CT molecular complexity index is 811. The highest BCUT2D eigenvalue weighted by atomic mass is 35.5. The number of nitrogens with zero attached hydrogens (tertiary/aromatic N) is 1. The molecule has 1 aliphatic rings. The van der Waals surface area contributed by atoms with Gasteiger partial charge in [-0.15, -0.1) is 0 Å². The first-order chi connectivity index (χ1) is 12.0. The number of halogens is 1. The second-order valence-corrected chi connectivity index (χ2v) is 8.72. The first-order valence-corrected chi connectivity index (χ1v) is 9.94. The van der Waals surface area contributed by atoms with E-state index < -0.39 is 21.1 Å². The van der Waals surface area contributed by atoms with Crippen molar-refractivity contribution in [2.45, 2.75) is 43.7 Å². The van der Waals surface area contributed by atoms with Crippen molar-refractivity contribution in [3.05, 3.63) is 35.5 Å². The zero-order chi connectivity index (χ0) is 19.5. The van der Waals surface area contributed by atoms with Crippen LogP contribution in [0.2, 0.25) is 0 Å². The van der Waals surface area contributed by atoms with Crippen LogP contribution in [0.5, 0.6) is 5.75 Å². The fourth-order valence-corrected chi connectivity index (χ4v) is 4.64. The first kappa shape index (κ1) is 20.5. The summed E-state index contributed by atoms with van der Waals surface area (Å²) < 4.78 is 39.0. The van der Waals surface area contributed by atoms with Crippen LogP contribution < -0.4 is 14.8 Å². The molecule has 0 amide bonds. The molecule has 0 bridgehead atoms. The highest BCUT2D eigenvalue weighted by molar-refractivity contribution is 7.89. The van der Waals surface area contributed by atoms with Crippen LogP contribution in [-0.2, 0) is 14.8 Å². The van der Waals surface area contributed by atoms with E-state index in [0.717, 1.165) is 0 Å². The van der Waals surface area contributed by atoms with Crippen molar-refractivity contribution >= 4 is 27.6 Å². The number of benzene rings is 1. The number of ether oxygens (including phenoxy) is 2. The molecule has 0 aliphatic carbocycles. The molecule has 1 heterocycles. The summed E-state index contributed by atoms with van der Waals surface area (Å²) in [6.45, 7) is 7.15. The Kier molecular flexibility index (Phi) is 6.21. The number of amidine groups is 1. The SMILES string of the molecule is COc1cc(C)c(S(=O)(=O)NC(C)(C)CN=C2NC=CC(Cl)O2)c(C)c1. The van der Waals surface area contributed by atoms with Gasteiger partial charge in [0.25, 0.3) is 6.02 Å². The van der Waals surface area contributed by atoms with Gasteiger partial charge in [-0.25, -0.2) is 18.1 Å². The van der Waals surface area contributed by atoms with Crippen LogP contribution in [0, 0.1) is 13.8 Å². The molecule has 0 aromatic heterocycles. The van der Waals surface area contributed by atoms with E-state index in [4.69, 9.17) is 21.1 Å². The largest absolute Gasteiger partial charge is 0.497 e. The molecule has 1 aromatic rings. The number of rotatable bonds is 6. The fraction of sp³-hybridized carbons (Fsp3) is 0.471. The fourth-order valence-electron chi connectivity index (χ4n) is 2.63. The van der Waals surface area contributed by atoms with Crippen LogP contribution >= 0.6 is 11.6 Å². The number of hydrogen-bond donors (Lipinski definition) is 2. The lowest BCUT2D eigenvalue weighted by molar-refractivity contribution is 0.288. The molecule has 9 heteroatoms. The topological polar surface area (TPSA) is 89.0 Å². The van der Waals surface area contributed by atoms with Gasteiger partial charge in [-0.1, -0.05) is 11.6 Å². The van der Waals surface area contributed by atoms with Gasteiger partial charge < -0.3 is 14.8 Å². The predicted molar refractivity (Wildman–Crippen MR) is 102 cm³/mol. The van der Waals surface area contributed by atoms with E-state index in [-0.39, 0.29) is 17.5 Å². The minimum absolute atomic E-state index is 0.167. The van der Waals surface area contributed by atoms with E-state index in [1.54, 1.807) is 59.2 Å². The summed E-state index contributed by atoms with van der Waals surface area (Å²) in [5, 5.41) is 2.82. The molecule has 1 unspecified atom stereocenters. The Morgan fingerprint density at radius 1 is 1.35 bits per heavy atom. The summed E-state index contributed by atoms with van der Waals surface area (Å²) in [7, 11) is -2.20. The third kappa shape index (κ3) is 5.12. The molecule has 26 heavy (non-hydrogen) atoms.